The van der Waals surface area contributed by atoms with Crippen LogP contribution in [-0.2, 0) is 6.18 Å². The molecule has 1 aliphatic rings. The van der Waals surface area contributed by atoms with Crippen molar-refractivity contribution in [3.8, 4) is 0 Å². The molecule has 0 heterocycles. The van der Waals surface area contributed by atoms with Gasteiger partial charge < -0.3 is 5.32 Å². The maximum absolute atomic E-state index is 12.9. The van der Waals surface area contributed by atoms with Crippen LogP contribution in [0.25, 0.3) is 0 Å². The second kappa shape index (κ2) is 5.73. The maximum Gasteiger partial charge on any atom is 0.418 e. The molecule has 1 nitrogen and oxygen atoms in total. The predicted octanol–water partition coefficient (Wildman–Crippen LogP) is 5.46. The van der Waals surface area contributed by atoms with Crippen LogP contribution in [0.5, 0.6) is 0 Å². The first-order valence-electron chi connectivity index (χ1n) is 6.49. The fourth-order valence-corrected chi connectivity index (χ4v) is 2.87. The van der Waals surface area contributed by atoms with Gasteiger partial charge in [0.25, 0.3) is 0 Å². The van der Waals surface area contributed by atoms with Gasteiger partial charge in [-0.1, -0.05) is 22.9 Å². The quantitative estimate of drug-likeness (QED) is 0.756. The van der Waals surface area contributed by atoms with Gasteiger partial charge in [0.2, 0.25) is 0 Å². The summed E-state index contributed by atoms with van der Waals surface area (Å²) in [6.45, 7) is 2.19. The van der Waals surface area contributed by atoms with E-state index in [1.165, 1.54) is 12.1 Å². The Morgan fingerprint density at radius 3 is 2.37 bits per heavy atom. The van der Waals surface area contributed by atoms with Crippen molar-refractivity contribution in [2.24, 2.45) is 5.92 Å². The van der Waals surface area contributed by atoms with E-state index in [4.69, 9.17) is 0 Å². The Balaban J connectivity index is 2.17. The number of halogens is 4. The minimum Gasteiger partial charge on any atom is -0.382 e. The zero-order chi connectivity index (χ0) is 14.0. The predicted molar refractivity (Wildman–Crippen MR) is 74.2 cm³/mol. The van der Waals surface area contributed by atoms with Gasteiger partial charge in [-0.05, 0) is 49.8 Å². The summed E-state index contributed by atoms with van der Waals surface area (Å²) < 4.78 is 39.5. The average molecular weight is 336 g/mol. The third-order valence-corrected chi connectivity index (χ3v) is 4.16. The minimum absolute atomic E-state index is 0.145. The summed E-state index contributed by atoms with van der Waals surface area (Å²) in [4.78, 5) is 0. The van der Waals surface area contributed by atoms with Gasteiger partial charge in [-0.3, -0.25) is 0 Å². The molecule has 1 saturated carbocycles. The van der Waals surface area contributed by atoms with Gasteiger partial charge in [-0.25, -0.2) is 0 Å². The lowest BCUT2D eigenvalue weighted by Crippen LogP contribution is -2.26. The fraction of sp³-hybridized carbons (Fsp3) is 0.571. The molecule has 1 aliphatic carbocycles. The third kappa shape index (κ3) is 3.88. The average Bonchev–Trinajstić information content (AvgIpc) is 2.30. The van der Waals surface area contributed by atoms with Gasteiger partial charge in [0.05, 0.1) is 5.56 Å². The smallest absolute Gasteiger partial charge is 0.382 e. The van der Waals surface area contributed by atoms with Crippen molar-refractivity contribution in [1.29, 1.82) is 0 Å². The Hall–Kier alpha value is -0.710. The molecule has 0 amide bonds. The SMILES string of the molecule is CC1CCC(Nc2cc(Br)ccc2C(F)(F)F)CC1. The Labute approximate surface area is 119 Å². The van der Waals surface area contributed by atoms with Gasteiger partial charge in [-0.15, -0.1) is 0 Å². The molecule has 1 fully saturated rings. The number of alkyl halides is 3. The van der Waals surface area contributed by atoms with Gasteiger partial charge >= 0.3 is 6.18 Å². The molecule has 0 bridgehead atoms. The van der Waals surface area contributed by atoms with Crippen molar-refractivity contribution in [3.63, 3.8) is 0 Å². The highest BCUT2D eigenvalue weighted by Gasteiger charge is 2.34. The first kappa shape index (κ1) is 14.7. The molecule has 0 aromatic heterocycles. The number of nitrogens with one attached hydrogen (secondary N) is 1. The summed E-state index contributed by atoms with van der Waals surface area (Å²) >= 11 is 3.23. The molecule has 5 heteroatoms. The van der Waals surface area contributed by atoms with E-state index in [1.54, 1.807) is 0 Å². The molecule has 106 valence electrons. The van der Waals surface area contributed by atoms with E-state index in [1.807, 2.05) is 0 Å². The van der Waals surface area contributed by atoms with E-state index in [2.05, 4.69) is 28.2 Å². The van der Waals surface area contributed by atoms with Crippen molar-refractivity contribution in [2.75, 3.05) is 5.32 Å². The van der Waals surface area contributed by atoms with Crippen LogP contribution in [0.3, 0.4) is 0 Å². The molecule has 1 aromatic carbocycles. The molecule has 1 aromatic rings. The summed E-state index contributed by atoms with van der Waals surface area (Å²) in [6.07, 6.45) is -0.291. The summed E-state index contributed by atoms with van der Waals surface area (Å²) in [5, 5.41) is 3.07. The van der Waals surface area contributed by atoms with Crippen molar-refractivity contribution < 1.29 is 13.2 Å². The van der Waals surface area contributed by atoms with Crippen LogP contribution in [0.1, 0.15) is 38.2 Å². The highest BCUT2D eigenvalue weighted by molar-refractivity contribution is 9.10. The van der Waals surface area contributed by atoms with Crippen LogP contribution >= 0.6 is 15.9 Å². The zero-order valence-corrected chi connectivity index (χ0v) is 12.3. The van der Waals surface area contributed by atoms with E-state index in [0.29, 0.717) is 10.4 Å². The maximum atomic E-state index is 12.9. The lowest BCUT2D eigenvalue weighted by atomic mass is 9.87. The van der Waals surface area contributed by atoms with E-state index in [0.717, 1.165) is 31.7 Å². The Bertz CT molecular complexity index is 437. The fourth-order valence-electron chi connectivity index (χ4n) is 2.51. The lowest BCUT2D eigenvalue weighted by molar-refractivity contribution is -0.137. The van der Waals surface area contributed by atoms with Gasteiger partial charge in [-0.2, -0.15) is 13.2 Å². The van der Waals surface area contributed by atoms with Crippen molar-refractivity contribution in [1.82, 2.24) is 0 Å². The summed E-state index contributed by atoms with van der Waals surface area (Å²) in [7, 11) is 0. The lowest BCUT2D eigenvalue weighted by Gasteiger charge is -2.29. The van der Waals surface area contributed by atoms with Gasteiger partial charge in [0.15, 0.2) is 0 Å². The van der Waals surface area contributed by atoms with E-state index < -0.39 is 11.7 Å². The van der Waals surface area contributed by atoms with E-state index in [-0.39, 0.29) is 11.7 Å². The van der Waals surface area contributed by atoms with Crippen molar-refractivity contribution in [2.45, 2.75) is 44.8 Å². The Morgan fingerprint density at radius 2 is 1.79 bits per heavy atom. The standard InChI is InChI=1S/C14H17BrF3N/c1-9-2-5-11(6-3-9)19-13-8-10(15)4-7-12(13)14(16,17)18/h4,7-9,11,19H,2-3,5-6H2,1H3. The molecule has 0 radical (unpaired) electrons. The van der Waals surface area contributed by atoms with Crippen LogP contribution < -0.4 is 5.32 Å². The van der Waals surface area contributed by atoms with Crippen LogP contribution in [0.4, 0.5) is 18.9 Å². The molecule has 0 atom stereocenters. The summed E-state index contributed by atoms with van der Waals surface area (Å²) in [6, 6.07) is 4.21. The first-order valence-corrected chi connectivity index (χ1v) is 7.29. The minimum atomic E-state index is -4.31. The zero-order valence-electron chi connectivity index (χ0n) is 10.7. The monoisotopic (exact) mass is 335 g/mol. The molecule has 0 unspecified atom stereocenters. The van der Waals surface area contributed by atoms with E-state index >= 15 is 0 Å². The molecule has 0 saturated heterocycles. The van der Waals surface area contributed by atoms with Gasteiger partial charge in [0.1, 0.15) is 0 Å². The molecular formula is C14H17BrF3N. The summed E-state index contributed by atoms with van der Waals surface area (Å²) in [5.41, 5.74) is -0.407. The molecule has 0 spiro atoms. The number of hydrogen-bond donors (Lipinski definition) is 1. The van der Waals surface area contributed by atoms with Crippen LogP contribution in [0.2, 0.25) is 0 Å². The summed E-state index contributed by atoms with van der Waals surface area (Å²) in [5.74, 6) is 0.683. The van der Waals surface area contributed by atoms with Crippen molar-refractivity contribution in [3.05, 3.63) is 28.2 Å². The first-order chi connectivity index (χ1) is 8.86. The highest BCUT2D eigenvalue weighted by Crippen LogP contribution is 2.37. The Morgan fingerprint density at radius 1 is 1.16 bits per heavy atom. The van der Waals surface area contributed by atoms with Crippen LogP contribution in [-0.4, -0.2) is 6.04 Å². The largest absolute Gasteiger partial charge is 0.418 e. The number of rotatable bonds is 2. The number of hydrogen-bond acceptors (Lipinski definition) is 1. The topological polar surface area (TPSA) is 12.0 Å². The second-order valence-electron chi connectivity index (χ2n) is 5.29. The molecule has 1 N–H and O–H groups in total. The van der Waals surface area contributed by atoms with E-state index in [9.17, 15) is 13.2 Å². The molecule has 19 heavy (non-hydrogen) atoms. The molecule has 0 aliphatic heterocycles. The molecular weight excluding hydrogens is 319 g/mol. The highest BCUT2D eigenvalue weighted by atomic mass is 79.9. The molecule has 2 rings (SSSR count). The number of anilines is 1. The van der Waals surface area contributed by atoms with Gasteiger partial charge in [0, 0.05) is 16.2 Å². The normalized spacial score (nSPS) is 24.3. The van der Waals surface area contributed by atoms with Crippen LogP contribution in [0, 0.1) is 5.92 Å². The Kier molecular flexibility index (Phi) is 4.43. The second-order valence-corrected chi connectivity index (χ2v) is 6.20. The van der Waals surface area contributed by atoms with Crippen LogP contribution in [0.15, 0.2) is 22.7 Å². The number of benzene rings is 1. The third-order valence-electron chi connectivity index (χ3n) is 3.66. The van der Waals surface area contributed by atoms with Crippen molar-refractivity contribution >= 4 is 21.6 Å².